The van der Waals surface area contributed by atoms with Gasteiger partial charge in [0.2, 0.25) is 0 Å². The van der Waals surface area contributed by atoms with Gasteiger partial charge < -0.3 is 9.47 Å². The van der Waals surface area contributed by atoms with Gasteiger partial charge in [0.15, 0.2) is 9.84 Å². The average Bonchev–Trinajstić information content (AvgIpc) is 2.70. The van der Waals surface area contributed by atoms with E-state index in [0.717, 1.165) is 33.9 Å². The molecule has 0 N–H and O–H groups in total. The van der Waals surface area contributed by atoms with E-state index in [2.05, 4.69) is 0 Å². The van der Waals surface area contributed by atoms with E-state index in [9.17, 15) is 13.2 Å². The number of methoxy groups -OCH3 is 1. The van der Waals surface area contributed by atoms with Crippen molar-refractivity contribution in [3.05, 3.63) is 71.8 Å². The molecule has 0 saturated heterocycles. The molecule has 3 aromatic rings. The summed E-state index contributed by atoms with van der Waals surface area (Å²) in [6, 6.07) is 18.0. The zero-order chi connectivity index (χ0) is 20.3. The fraction of sp³-hybridized carbons (Fsp3) is 0.227. The first-order valence-corrected chi connectivity index (χ1v) is 10.7. The van der Waals surface area contributed by atoms with Gasteiger partial charge in [0.25, 0.3) is 0 Å². The van der Waals surface area contributed by atoms with Gasteiger partial charge in [-0.25, -0.2) is 8.42 Å². The van der Waals surface area contributed by atoms with Crippen molar-refractivity contribution in [2.75, 3.05) is 13.4 Å². The molecule has 0 radical (unpaired) electrons. The number of hydrogen-bond acceptors (Lipinski definition) is 5. The van der Waals surface area contributed by atoms with E-state index in [-0.39, 0.29) is 17.5 Å². The number of rotatable bonds is 6. The minimum Gasteiger partial charge on any atom is -0.497 e. The van der Waals surface area contributed by atoms with Crippen molar-refractivity contribution in [3.8, 4) is 5.75 Å². The number of carbonyl (C=O) groups excluding carboxylic acids is 1. The van der Waals surface area contributed by atoms with Crippen LogP contribution in [0, 0.1) is 0 Å². The zero-order valence-electron chi connectivity index (χ0n) is 16.0. The topological polar surface area (TPSA) is 69.7 Å². The Hall–Kier alpha value is -2.86. The van der Waals surface area contributed by atoms with Crippen molar-refractivity contribution >= 4 is 26.6 Å². The summed E-state index contributed by atoms with van der Waals surface area (Å²) in [5, 5.41) is 2.06. The Kier molecular flexibility index (Phi) is 5.70. The monoisotopic (exact) mass is 398 g/mol. The van der Waals surface area contributed by atoms with Crippen LogP contribution in [0.2, 0.25) is 0 Å². The molecule has 0 saturated carbocycles. The van der Waals surface area contributed by atoms with Gasteiger partial charge in [0.05, 0.1) is 17.9 Å². The lowest BCUT2D eigenvalue weighted by Gasteiger charge is -2.13. The first kappa shape index (κ1) is 19.9. The minimum absolute atomic E-state index is 0.0952. The molecule has 0 aliphatic heterocycles. The van der Waals surface area contributed by atoms with Gasteiger partial charge in [-0.2, -0.15) is 0 Å². The smallest absolute Gasteiger partial charge is 0.313 e. The molecule has 0 amide bonds. The summed E-state index contributed by atoms with van der Waals surface area (Å²) in [4.78, 5) is 12.7. The first-order chi connectivity index (χ1) is 13.3. The van der Waals surface area contributed by atoms with Gasteiger partial charge in [-0.15, -0.1) is 0 Å². The van der Waals surface area contributed by atoms with Crippen molar-refractivity contribution in [2.45, 2.75) is 24.3 Å². The van der Waals surface area contributed by atoms with Crippen LogP contribution in [0.1, 0.15) is 24.0 Å². The third-order valence-corrected chi connectivity index (χ3v) is 5.79. The van der Waals surface area contributed by atoms with Crippen molar-refractivity contribution < 1.29 is 22.7 Å². The molecule has 28 heavy (non-hydrogen) atoms. The predicted molar refractivity (Wildman–Crippen MR) is 108 cm³/mol. The zero-order valence-corrected chi connectivity index (χ0v) is 16.8. The highest BCUT2D eigenvalue weighted by atomic mass is 32.2. The molecule has 0 bridgehead atoms. The van der Waals surface area contributed by atoms with Gasteiger partial charge in [-0.1, -0.05) is 36.4 Å². The fourth-order valence-corrected chi connectivity index (χ4v) is 3.52. The van der Waals surface area contributed by atoms with Gasteiger partial charge in [-0.3, -0.25) is 4.79 Å². The Morgan fingerprint density at radius 1 is 0.964 bits per heavy atom. The van der Waals surface area contributed by atoms with Crippen LogP contribution in [0.15, 0.2) is 65.6 Å². The number of benzene rings is 3. The molecule has 0 heterocycles. The molecule has 0 fully saturated rings. The molecule has 0 aliphatic rings. The molecule has 1 atom stereocenters. The van der Waals surface area contributed by atoms with Crippen LogP contribution in [-0.4, -0.2) is 27.8 Å². The molecule has 3 rings (SSSR count). The van der Waals surface area contributed by atoms with E-state index in [1.807, 2.05) is 36.4 Å². The summed E-state index contributed by atoms with van der Waals surface area (Å²) in [5.41, 5.74) is 1.61. The summed E-state index contributed by atoms with van der Waals surface area (Å²) in [6.45, 7) is 1.90. The Morgan fingerprint density at radius 2 is 1.61 bits per heavy atom. The molecule has 1 unspecified atom stereocenters. The summed E-state index contributed by atoms with van der Waals surface area (Å²) in [6.07, 6.45) is 1.16. The predicted octanol–water partition coefficient (Wildman–Crippen LogP) is 4.10. The van der Waals surface area contributed by atoms with Crippen molar-refractivity contribution in [1.82, 2.24) is 0 Å². The number of sulfone groups is 1. The summed E-state index contributed by atoms with van der Waals surface area (Å²) in [7, 11) is -1.61. The van der Waals surface area contributed by atoms with Crippen molar-refractivity contribution in [2.24, 2.45) is 0 Å². The summed E-state index contributed by atoms with van der Waals surface area (Å²) in [5.74, 6) is 0.0384. The van der Waals surface area contributed by atoms with E-state index >= 15 is 0 Å². The molecular weight excluding hydrogens is 376 g/mol. The maximum atomic E-state index is 12.4. The molecule has 5 nitrogen and oxygen atoms in total. The van der Waals surface area contributed by atoms with E-state index < -0.39 is 15.8 Å². The lowest BCUT2D eigenvalue weighted by atomic mass is 9.98. The summed E-state index contributed by atoms with van der Waals surface area (Å²) >= 11 is 0. The number of carbonyl (C=O) groups is 1. The molecule has 0 spiro atoms. The van der Waals surface area contributed by atoms with Gasteiger partial charge >= 0.3 is 5.97 Å². The second kappa shape index (κ2) is 8.02. The normalized spacial score (nSPS) is 12.5. The maximum Gasteiger partial charge on any atom is 0.313 e. The molecule has 6 heteroatoms. The minimum atomic E-state index is -3.24. The highest BCUT2D eigenvalue weighted by molar-refractivity contribution is 7.90. The number of ether oxygens (including phenoxy) is 2. The summed E-state index contributed by atoms with van der Waals surface area (Å²) < 4.78 is 33.6. The van der Waals surface area contributed by atoms with Crippen LogP contribution >= 0.6 is 0 Å². The SMILES string of the molecule is COc1ccc2cc(C(C)C(=O)OCc3ccc(S(C)(=O)=O)cc3)ccc2c1. The highest BCUT2D eigenvalue weighted by Crippen LogP contribution is 2.26. The van der Waals surface area contributed by atoms with Crippen LogP contribution in [0.3, 0.4) is 0 Å². The number of hydrogen-bond donors (Lipinski definition) is 0. The lowest BCUT2D eigenvalue weighted by Crippen LogP contribution is -2.13. The standard InChI is InChI=1S/C22H22O5S/c1-15(17-6-7-19-13-20(26-2)9-8-18(19)12-17)22(23)27-14-16-4-10-21(11-5-16)28(3,24)25/h4-13,15H,14H2,1-3H3. The second-order valence-corrected chi connectivity index (χ2v) is 8.73. The van der Waals surface area contributed by atoms with Gasteiger partial charge in [0, 0.05) is 6.26 Å². The molecule has 0 aromatic heterocycles. The third-order valence-electron chi connectivity index (χ3n) is 4.66. The van der Waals surface area contributed by atoms with E-state index in [1.54, 1.807) is 26.2 Å². The van der Waals surface area contributed by atoms with Crippen LogP contribution in [-0.2, 0) is 26.0 Å². The molecule has 3 aromatic carbocycles. The van der Waals surface area contributed by atoms with Crippen LogP contribution in [0.4, 0.5) is 0 Å². The molecule has 146 valence electrons. The largest absolute Gasteiger partial charge is 0.497 e. The average molecular weight is 398 g/mol. The fourth-order valence-electron chi connectivity index (χ4n) is 2.89. The van der Waals surface area contributed by atoms with Gasteiger partial charge in [0.1, 0.15) is 12.4 Å². The first-order valence-electron chi connectivity index (χ1n) is 8.81. The Bertz CT molecular complexity index is 1100. The quantitative estimate of drug-likeness (QED) is 0.585. The third kappa shape index (κ3) is 4.51. The van der Waals surface area contributed by atoms with Crippen molar-refractivity contribution in [3.63, 3.8) is 0 Å². The van der Waals surface area contributed by atoms with E-state index in [4.69, 9.17) is 9.47 Å². The Morgan fingerprint density at radius 3 is 2.25 bits per heavy atom. The molecular formula is C22H22O5S. The molecule has 0 aliphatic carbocycles. The van der Waals surface area contributed by atoms with Gasteiger partial charge in [-0.05, 0) is 53.1 Å². The van der Waals surface area contributed by atoms with Crippen LogP contribution in [0.5, 0.6) is 5.75 Å². The Labute approximate surface area is 164 Å². The van der Waals surface area contributed by atoms with Crippen LogP contribution in [0.25, 0.3) is 10.8 Å². The lowest BCUT2D eigenvalue weighted by molar-refractivity contribution is -0.146. The van der Waals surface area contributed by atoms with Crippen LogP contribution < -0.4 is 4.74 Å². The maximum absolute atomic E-state index is 12.4. The van der Waals surface area contributed by atoms with E-state index in [0.29, 0.717) is 0 Å². The highest BCUT2D eigenvalue weighted by Gasteiger charge is 2.17. The van der Waals surface area contributed by atoms with Crippen molar-refractivity contribution in [1.29, 1.82) is 0 Å². The number of fused-ring (bicyclic) bond motifs is 1. The second-order valence-electron chi connectivity index (χ2n) is 6.72. The Balaban J connectivity index is 1.68. The van der Waals surface area contributed by atoms with E-state index in [1.165, 1.54) is 12.1 Å². The number of esters is 1.